The molecule has 0 aliphatic rings. The Kier molecular flexibility index (Phi) is 6.34. The van der Waals surface area contributed by atoms with Crippen molar-refractivity contribution in [2.45, 2.75) is 13.1 Å². The fourth-order valence-electron chi connectivity index (χ4n) is 2.62. The molecule has 6 heteroatoms. The van der Waals surface area contributed by atoms with Crippen LogP contribution < -0.4 is 5.32 Å². The maximum absolute atomic E-state index is 12.5. The first-order chi connectivity index (χ1) is 12.6. The minimum Gasteiger partial charge on any atom is -0.468 e. The Balaban J connectivity index is 1.69. The quantitative estimate of drug-likeness (QED) is 0.602. The number of hydrogen-bond donors (Lipinski definition) is 1. The van der Waals surface area contributed by atoms with Gasteiger partial charge in [-0.25, -0.2) is 0 Å². The zero-order valence-corrected chi connectivity index (χ0v) is 15.5. The number of halogens is 2. The average molecular weight is 389 g/mol. The molecule has 4 nitrogen and oxygen atoms in total. The van der Waals surface area contributed by atoms with Gasteiger partial charge in [-0.3, -0.25) is 9.69 Å². The van der Waals surface area contributed by atoms with Crippen LogP contribution in [-0.2, 0) is 17.9 Å². The van der Waals surface area contributed by atoms with E-state index in [0.29, 0.717) is 28.8 Å². The average Bonchev–Trinajstić information content (AvgIpc) is 3.12. The molecule has 0 unspecified atom stereocenters. The highest BCUT2D eigenvalue weighted by atomic mass is 35.5. The van der Waals surface area contributed by atoms with Gasteiger partial charge in [0.05, 0.1) is 30.1 Å². The summed E-state index contributed by atoms with van der Waals surface area (Å²) in [5, 5.41) is 3.78. The minimum absolute atomic E-state index is 0.170. The van der Waals surface area contributed by atoms with Gasteiger partial charge >= 0.3 is 0 Å². The lowest BCUT2D eigenvalue weighted by molar-refractivity contribution is -0.117. The van der Waals surface area contributed by atoms with Gasteiger partial charge in [-0.1, -0.05) is 53.5 Å². The van der Waals surface area contributed by atoms with Gasteiger partial charge in [-0.05, 0) is 35.9 Å². The van der Waals surface area contributed by atoms with Gasteiger partial charge in [0.15, 0.2) is 0 Å². The van der Waals surface area contributed by atoms with E-state index in [1.807, 2.05) is 47.4 Å². The van der Waals surface area contributed by atoms with E-state index in [1.54, 1.807) is 24.5 Å². The second kappa shape index (κ2) is 8.90. The standard InChI is InChI=1S/C20H18Cl2N2O2/c21-16-8-9-18(22)19(11-16)23-20(25)14-24(13-17-7-4-10-26-17)12-15-5-2-1-3-6-15/h1-11H,12-14H2,(H,23,25). The van der Waals surface area contributed by atoms with Crippen molar-refractivity contribution < 1.29 is 9.21 Å². The molecule has 0 aliphatic carbocycles. The van der Waals surface area contributed by atoms with Crippen molar-refractivity contribution in [2.24, 2.45) is 0 Å². The lowest BCUT2D eigenvalue weighted by Crippen LogP contribution is -2.32. The molecule has 3 aromatic rings. The predicted molar refractivity (Wildman–Crippen MR) is 104 cm³/mol. The van der Waals surface area contributed by atoms with Gasteiger partial charge in [0.1, 0.15) is 5.76 Å². The third-order valence-corrected chi connectivity index (χ3v) is 4.34. The van der Waals surface area contributed by atoms with Crippen LogP contribution in [0, 0.1) is 0 Å². The smallest absolute Gasteiger partial charge is 0.238 e. The van der Waals surface area contributed by atoms with Crippen LogP contribution in [0.15, 0.2) is 71.3 Å². The molecule has 1 N–H and O–H groups in total. The molecule has 0 spiro atoms. The number of anilines is 1. The van der Waals surface area contributed by atoms with Crippen LogP contribution in [-0.4, -0.2) is 17.4 Å². The van der Waals surface area contributed by atoms with E-state index >= 15 is 0 Å². The molecule has 3 rings (SSSR count). The van der Waals surface area contributed by atoms with Crippen LogP contribution in [0.5, 0.6) is 0 Å². The highest BCUT2D eigenvalue weighted by Crippen LogP contribution is 2.25. The number of rotatable bonds is 7. The highest BCUT2D eigenvalue weighted by molar-refractivity contribution is 6.35. The summed E-state index contributed by atoms with van der Waals surface area (Å²) in [6.45, 7) is 1.34. The summed E-state index contributed by atoms with van der Waals surface area (Å²) in [4.78, 5) is 14.5. The Bertz CT molecular complexity index is 852. The van der Waals surface area contributed by atoms with E-state index < -0.39 is 0 Å². The molecule has 0 saturated carbocycles. The molecule has 26 heavy (non-hydrogen) atoms. The summed E-state index contributed by atoms with van der Waals surface area (Å²) in [6.07, 6.45) is 1.63. The molecule has 0 atom stereocenters. The lowest BCUT2D eigenvalue weighted by Gasteiger charge is -2.21. The molecule has 2 aromatic carbocycles. The Hall–Kier alpha value is -2.27. The first-order valence-corrected chi connectivity index (χ1v) is 8.89. The van der Waals surface area contributed by atoms with Crippen LogP contribution in [0.3, 0.4) is 0 Å². The summed E-state index contributed by atoms with van der Waals surface area (Å²) in [7, 11) is 0. The van der Waals surface area contributed by atoms with Crippen LogP contribution >= 0.6 is 23.2 Å². The van der Waals surface area contributed by atoms with Gasteiger partial charge in [-0.15, -0.1) is 0 Å². The summed E-state index contributed by atoms with van der Waals surface area (Å²) < 4.78 is 5.42. The van der Waals surface area contributed by atoms with Crippen molar-refractivity contribution in [3.63, 3.8) is 0 Å². The summed E-state index contributed by atoms with van der Waals surface area (Å²) in [5.41, 5.74) is 1.62. The number of nitrogens with zero attached hydrogens (tertiary/aromatic N) is 1. The molecule has 0 aliphatic heterocycles. The van der Waals surface area contributed by atoms with Crippen molar-refractivity contribution in [3.05, 3.63) is 88.3 Å². The van der Waals surface area contributed by atoms with Crippen LogP contribution in [0.25, 0.3) is 0 Å². The largest absolute Gasteiger partial charge is 0.468 e. The number of nitrogens with one attached hydrogen (secondary N) is 1. The van der Waals surface area contributed by atoms with Gasteiger partial charge in [0.25, 0.3) is 0 Å². The topological polar surface area (TPSA) is 45.5 Å². The van der Waals surface area contributed by atoms with Crippen molar-refractivity contribution in [2.75, 3.05) is 11.9 Å². The molecule has 0 bridgehead atoms. The van der Waals surface area contributed by atoms with E-state index in [1.165, 1.54) is 0 Å². The predicted octanol–water partition coefficient (Wildman–Crippen LogP) is 5.23. The maximum Gasteiger partial charge on any atom is 0.238 e. The molecular formula is C20H18Cl2N2O2. The molecule has 0 saturated heterocycles. The van der Waals surface area contributed by atoms with E-state index in [0.717, 1.165) is 11.3 Å². The second-order valence-corrected chi connectivity index (χ2v) is 6.73. The van der Waals surface area contributed by atoms with Crippen LogP contribution in [0.2, 0.25) is 10.0 Å². The number of carbonyl (C=O) groups excluding carboxylic acids is 1. The second-order valence-electron chi connectivity index (χ2n) is 5.88. The van der Waals surface area contributed by atoms with Gasteiger partial charge in [0.2, 0.25) is 5.91 Å². The lowest BCUT2D eigenvalue weighted by atomic mass is 10.2. The molecular weight excluding hydrogens is 371 g/mol. The maximum atomic E-state index is 12.5. The monoisotopic (exact) mass is 388 g/mol. The number of furan rings is 1. The number of hydrogen-bond acceptors (Lipinski definition) is 3. The van der Waals surface area contributed by atoms with Gasteiger partial charge < -0.3 is 9.73 Å². The molecule has 0 fully saturated rings. The van der Waals surface area contributed by atoms with Gasteiger partial charge in [0, 0.05) is 11.6 Å². The van der Waals surface area contributed by atoms with E-state index in [4.69, 9.17) is 27.6 Å². The summed E-state index contributed by atoms with van der Waals surface area (Å²) >= 11 is 12.1. The van der Waals surface area contributed by atoms with Crippen molar-refractivity contribution in [1.29, 1.82) is 0 Å². The highest BCUT2D eigenvalue weighted by Gasteiger charge is 2.15. The van der Waals surface area contributed by atoms with Gasteiger partial charge in [-0.2, -0.15) is 0 Å². The molecule has 1 heterocycles. The fraction of sp³-hybridized carbons (Fsp3) is 0.150. The minimum atomic E-state index is -0.170. The molecule has 134 valence electrons. The third kappa shape index (κ3) is 5.36. The van der Waals surface area contributed by atoms with E-state index in [-0.39, 0.29) is 12.5 Å². The number of carbonyl (C=O) groups is 1. The van der Waals surface area contributed by atoms with Crippen LogP contribution in [0.1, 0.15) is 11.3 Å². The fourth-order valence-corrected chi connectivity index (χ4v) is 2.96. The third-order valence-electron chi connectivity index (χ3n) is 3.78. The molecule has 0 radical (unpaired) electrons. The Morgan fingerprint density at radius 3 is 2.54 bits per heavy atom. The van der Waals surface area contributed by atoms with Crippen molar-refractivity contribution in [3.8, 4) is 0 Å². The summed E-state index contributed by atoms with van der Waals surface area (Å²) in [6, 6.07) is 18.7. The van der Waals surface area contributed by atoms with Crippen LogP contribution in [0.4, 0.5) is 5.69 Å². The first kappa shape index (κ1) is 18.5. The summed E-state index contributed by atoms with van der Waals surface area (Å²) in [5.74, 6) is 0.631. The zero-order chi connectivity index (χ0) is 18.4. The molecule has 1 aromatic heterocycles. The Labute approximate surface area is 162 Å². The number of benzene rings is 2. The Morgan fingerprint density at radius 1 is 1.00 bits per heavy atom. The Morgan fingerprint density at radius 2 is 1.81 bits per heavy atom. The number of amides is 1. The van der Waals surface area contributed by atoms with E-state index in [2.05, 4.69) is 5.32 Å². The molecule has 1 amide bonds. The normalized spacial score (nSPS) is 10.9. The van der Waals surface area contributed by atoms with E-state index in [9.17, 15) is 4.79 Å². The zero-order valence-electron chi connectivity index (χ0n) is 14.0. The van der Waals surface area contributed by atoms with Crippen molar-refractivity contribution in [1.82, 2.24) is 4.90 Å². The van der Waals surface area contributed by atoms with Crippen molar-refractivity contribution >= 4 is 34.8 Å². The SMILES string of the molecule is O=C(CN(Cc1ccccc1)Cc1ccco1)Nc1cc(Cl)ccc1Cl. The first-order valence-electron chi connectivity index (χ1n) is 8.14.